The Morgan fingerprint density at radius 2 is 2.04 bits per heavy atom. The minimum absolute atomic E-state index is 0.168. The number of benzene rings is 1. The molecule has 0 saturated heterocycles. The third-order valence-corrected chi connectivity index (χ3v) is 3.30. The molecule has 0 aliphatic carbocycles. The number of hydrogen-bond acceptors (Lipinski definition) is 4. The number of carbonyl (C=O) groups is 1. The van der Waals surface area contributed by atoms with Gasteiger partial charge < -0.3 is 15.8 Å². The topological polar surface area (TPSA) is 77.2 Å². The molecular formula is C18H25N3O2. The van der Waals surface area contributed by atoms with Crippen LogP contribution in [0.5, 0.6) is 0 Å². The van der Waals surface area contributed by atoms with Crippen LogP contribution in [-0.2, 0) is 11.2 Å². The number of pyridine rings is 1. The molecule has 1 heterocycles. The van der Waals surface area contributed by atoms with Crippen LogP contribution in [0.15, 0.2) is 30.3 Å². The molecule has 0 aliphatic rings. The number of ether oxygens (including phenoxy) is 1. The number of nitrogens with two attached hydrogens (primary N) is 1. The van der Waals surface area contributed by atoms with E-state index in [0.717, 1.165) is 22.2 Å². The molecule has 5 heteroatoms. The fraction of sp³-hybridized carbons (Fsp3) is 0.444. The summed E-state index contributed by atoms with van der Waals surface area (Å²) in [6, 6.07) is 10.0. The Kier molecular flexibility index (Phi) is 5.21. The van der Waals surface area contributed by atoms with Crippen molar-refractivity contribution in [1.82, 2.24) is 10.3 Å². The normalized spacial score (nSPS) is 12.9. The van der Waals surface area contributed by atoms with Crippen LogP contribution >= 0.6 is 0 Å². The summed E-state index contributed by atoms with van der Waals surface area (Å²) >= 11 is 0. The molecule has 0 aliphatic heterocycles. The van der Waals surface area contributed by atoms with E-state index in [-0.39, 0.29) is 6.04 Å². The summed E-state index contributed by atoms with van der Waals surface area (Å²) in [6.07, 6.45) is 0.241. The van der Waals surface area contributed by atoms with Gasteiger partial charge in [-0.1, -0.05) is 12.1 Å². The third-order valence-electron chi connectivity index (χ3n) is 3.30. The predicted octanol–water partition coefficient (Wildman–Crippen LogP) is 2.94. The van der Waals surface area contributed by atoms with Crippen LogP contribution in [0.3, 0.4) is 0 Å². The highest BCUT2D eigenvalue weighted by molar-refractivity contribution is 5.79. The second-order valence-electron chi connectivity index (χ2n) is 6.83. The highest BCUT2D eigenvalue weighted by Crippen LogP contribution is 2.15. The highest BCUT2D eigenvalue weighted by Gasteiger charge is 2.16. The second-order valence-corrected chi connectivity index (χ2v) is 6.83. The second kappa shape index (κ2) is 6.96. The smallest absolute Gasteiger partial charge is 0.407 e. The van der Waals surface area contributed by atoms with Gasteiger partial charge in [0.25, 0.3) is 0 Å². The summed E-state index contributed by atoms with van der Waals surface area (Å²) in [5, 5.41) is 3.80. The molecule has 1 aromatic heterocycles. The molecule has 0 saturated carbocycles. The van der Waals surface area contributed by atoms with Gasteiger partial charge in [0.2, 0.25) is 0 Å². The Bertz CT molecular complexity index is 692. The molecule has 3 N–H and O–H groups in total. The molecule has 124 valence electrons. The lowest BCUT2D eigenvalue weighted by Gasteiger charge is -2.20. The van der Waals surface area contributed by atoms with E-state index in [9.17, 15) is 4.79 Å². The van der Waals surface area contributed by atoms with E-state index in [0.29, 0.717) is 13.0 Å². The van der Waals surface area contributed by atoms with Gasteiger partial charge in [-0.05, 0) is 57.9 Å². The highest BCUT2D eigenvalue weighted by atomic mass is 16.6. The fourth-order valence-electron chi connectivity index (χ4n) is 2.31. The Morgan fingerprint density at radius 3 is 2.74 bits per heavy atom. The maximum Gasteiger partial charge on any atom is 0.407 e. The van der Waals surface area contributed by atoms with E-state index in [1.165, 1.54) is 0 Å². The van der Waals surface area contributed by atoms with Gasteiger partial charge in [0.05, 0.1) is 5.52 Å². The number of aromatic nitrogens is 1. The molecule has 1 aromatic carbocycles. The van der Waals surface area contributed by atoms with Crippen molar-refractivity contribution in [2.24, 2.45) is 5.73 Å². The number of aryl methyl sites for hydroxylation is 1. The van der Waals surface area contributed by atoms with Gasteiger partial charge in [-0.25, -0.2) is 4.79 Å². The number of carbonyl (C=O) groups excluding carboxylic acids is 1. The van der Waals surface area contributed by atoms with Crippen LogP contribution in [0.1, 0.15) is 32.0 Å². The standard InChI is InChI=1S/C18H25N3O2/c1-12-5-7-14-9-13(6-8-16(14)21-12)10-15(19)11-20-17(22)23-18(2,3)4/h5-9,15H,10-11,19H2,1-4H3,(H,20,22). The molecule has 0 fully saturated rings. The fourth-order valence-corrected chi connectivity index (χ4v) is 2.31. The molecular weight excluding hydrogens is 290 g/mol. The molecule has 2 aromatic rings. The van der Waals surface area contributed by atoms with Gasteiger partial charge in [0.1, 0.15) is 5.60 Å². The van der Waals surface area contributed by atoms with E-state index in [1.54, 1.807) is 0 Å². The van der Waals surface area contributed by atoms with Gasteiger partial charge in [0.15, 0.2) is 0 Å². The lowest BCUT2D eigenvalue weighted by molar-refractivity contribution is 0.0524. The molecule has 1 amide bonds. The Balaban J connectivity index is 1.91. The van der Waals surface area contributed by atoms with E-state index in [4.69, 9.17) is 10.5 Å². The first kappa shape index (κ1) is 17.2. The zero-order chi connectivity index (χ0) is 17.0. The molecule has 23 heavy (non-hydrogen) atoms. The number of rotatable bonds is 4. The summed E-state index contributed by atoms with van der Waals surface area (Å²) < 4.78 is 5.19. The summed E-state index contributed by atoms with van der Waals surface area (Å²) in [5.41, 5.74) is 8.71. The first-order valence-electron chi connectivity index (χ1n) is 7.82. The van der Waals surface area contributed by atoms with E-state index >= 15 is 0 Å². The van der Waals surface area contributed by atoms with Crippen molar-refractivity contribution < 1.29 is 9.53 Å². The van der Waals surface area contributed by atoms with Crippen molar-refractivity contribution in [2.45, 2.75) is 45.8 Å². The zero-order valence-electron chi connectivity index (χ0n) is 14.2. The number of fused-ring (bicyclic) bond motifs is 1. The summed E-state index contributed by atoms with van der Waals surface area (Å²) in [4.78, 5) is 16.1. The lowest BCUT2D eigenvalue weighted by atomic mass is 10.0. The first-order valence-corrected chi connectivity index (χ1v) is 7.82. The van der Waals surface area contributed by atoms with Crippen molar-refractivity contribution in [1.29, 1.82) is 0 Å². The molecule has 5 nitrogen and oxygen atoms in total. The van der Waals surface area contributed by atoms with Crippen molar-refractivity contribution in [3.05, 3.63) is 41.6 Å². The largest absolute Gasteiger partial charge is 0.444 e. The average molecular weight is 315 g/mol. The van der Waals surface area contributed by atoms with E-state index in [1.807, 2.05) is 45.9 Å². The number of amides is 1. The number of alkyl carbamates (subject to hydrolysis) is 1. The van der Waals surface area contributed by atoms with Crippen LogP contribution < -0.4 is 11.1 Å². The SMILES string of the molecule is Cc1ccc2cc(CC(N)CNC(=O)OC(C)(C)C)ccc2n1. The number of nitrogens with zero attached hydrogens (tertiary/aromatic N) is 1. The summed E-state index contributed by atoms with van der Waals surface area (Å²) in [6.45, 7) is 7.84. The van der Waals surface area contributed by atoms with Gasteiger partial charge in [-0.3, -0.25) is 4.98 Å². The van der Waals surface area contributed by atoms with Crippen LogP contribution in [-0.4, -0.2) is 29.3 Å². The van der Waals surface area contributed by atoms with Crippen molar-refractivity contribution in [3.63, 3.8) is 0 Å². The maximum atomic E-state index is 11.6. The first-order chi connectivity index (χ1) is 10.7. The summed E-state index contributed by atoms with van der Waals surface area (Å²) in [5.74, 6) is 0. The third kappa shape index (κ3) is 5.53. The Morgan fingerprint density at radius 1 is 1.30 bits per heavy atom. The average Bonchev–Trinajstić information content (AvgIpc) is 2.43. The van der Waals surface area contributed by atoms with E-state index in [2.05, 4.69) is 22.4 Å². The van der Waals surface area contributed by atoms with Gasteiger partial charge >= 0.3 is 6.09 Å². The van der Waals surface area contributed by atoms with Crippen LogP contribution in [0.25, 0.3) is 10.9 Å². The van der Waals surface area contributed by atoms with Gasteiger partial charge in [-0.15, -0.1) is 0 Å². The Labute approximate surface area is 137 Å². The molecule has 0 spiro atoms. The van der Waals surface area contributed by atoms with Gasteiger partial charge in [0, 0.05) is 23.7 Å². The number of nitrogens with one attached hydrogen (secondary N) is 1. The van der Waals surface area contributed by atoms with Crippen LogP contribution in [0.2, 0.25) is 0 Å². The van der Waals surface area contributed by atoms with Crippen LogP contribution in [0, 0.1) is 6.92 Å². The molecule has 1 atom stereocenters. The molecule has 1 unspecified atom stereocenters. The predicted molar refractivity (Wildman–Crippen MR) is 92.4 cm³/mol. The summed E-state index contributed by atoms with van der Waals surface area (Å²) in [7, 11) is 0. The minimum atomic E-state index is -0.502. The zero-order valence-corrected chi connectivity index (χ0v) is 14.2. The Hall–Kier alpha value is -2.14. The van der Waals surface area contributed by atoms with E-state index < -0.39 is 11.7 Å². The molecule has 2 rings (SSSR count). The van der Waals surface area contributed by atoms with Crippen molar-refractivity contribution >= 4 is 17.0 Å². The molecule has 0 radical (unpaired) electrons. The van der Waals surface area contributed by atoms with Crippen molar-refractivity contribution in [2.75, 3.05) is 6.54 Å². The van der Waals surface area contributed by atoms with Gasteiger partial charge in [-0.2, -0.15) is 0 Å². The quantitative estimate of drug-likeness (QED) is 0.909. The minimum Gasteiger partial charge on any atom is -0.444 e. The monoisotopic (exact) mass is 315 g/mol. The number of hydrogen-bond donors (Lipinski definition) is 2. The lowest BCUT2D eigenvalue weighted by Crippen LogP contribution is -2.41. The maximum absolute atomic E-state index is 11.6. The van der Waals surface area contributed by atoms with Crippen LogP contribution in [0.4, 0.5) is 4.79 Å². The molecule has 0 bridgehead atoms. The van der Waals surface area contributed by atoms with Crippen molar-refractivity contribution in [3.8, 4) is 0 Å².